The van der Waals surface area contributed by atoms with Crippen LogP contribution in [-0.2, 0) is 15.1 Å². The minimum Gasteiger partial charge on any atom is -0.479 e. The zero-order valence-electron chi connectivity index (χ0n) is 12.2. The second-order valence-electron chi connectivity index (χ2n) is 4.96. The summed E-state index contributed by atoms with van der Waals surface area (Å²) in [5, 5.41) is 9.64. The molecule has 0 aliphatic rings. The van der Waals surface area contributed by atoms with Gasteiger partial charge in [0.05, 0.1) is 0 Å². The smallest absolute Gasteiger partial charge is 0.334 e. The van der Waals surface area contributed by atoms with Gasteiger partial charge in [-0.2, -0.15) is 0 Å². The van der Waals surface area contributed by atoms with Crippen LogP contribution in [0.4, 0.5) is 0 Å². The van der Waals surface area contributed by atoms with E-state index < -0.39 is 11.5 Å². The van der Waals surface area contributed by atoms with E-state index in [9.17, 15) is 14.7 Å². The standard InChI is InChI=1S/C15H21NO3/c1-6-16(12(4)17)15(5,14(18)19)13-8-7-10(2)9-11(13)3/h7-9H,6H2,1-5H3,(H,18,19). The third kappa shape index (κ3) is 2.62. The average Bonchev–Trinajstić information content (AvgIpc) is 2.28. The molecule has 0 saturated heterocycles. The number of aryl methyl sites for hydroxylation is 2. The van der Waals surface area contributed by atoms with Gasteiger partial charge in [-0.15, -0.1) is 0 Å². The van der Waals surface area contributed by atoms with Gasteiger partial charge in [-0.3, -0.25) is 4.79 Å². The maximum absolute atomic E-state index is 11.8. The van der Waals surface area contributed by atoms with E-state index in [0.717, 1.165) is 11.1 Å². The van der Waals surface area contributed by atoms with Crippen LogP contribution in [0.25, 0.3) is 0 Å². The molecule has 1 aromatic rings. The lowest BCUT2D eigenvalue weighted by Gasteiger charge is -2.38. The molecule has 0 fully saturated rings. The summed E-state index contributed by atoms with van der Waals surface area (Å²) in [4.78, 5) is 24.9. The van der Waals surface area contributed by atoms with Gasteiger partial charge in [0.2, 0.25) is 5.91 Å². The Labute approximate surface area is 114 Å². The number of hydrogen-bond acceptors (Lipinski definition) is 2. The molecular formula is C15H21NO3. The van der Waals surface area contributed by atoms with Crippen molar-refractivity contribution in [2.75, 3.05) is 6.54 Å². The van der Waals surface area contributed by atoms with E-state index in [2.05, 4.69) is 0 Å². The molecule has 1 amide bonds. The second kappa shape index (κ2) is 5.43. The average molecular weight is 263 g/mol. The highest BCUT2D eigenvalue weighted by molar-refractivity contribution is 5.87. The largest absolute Gasteiger partial charge is 0.479 e. The number of carboxylic acid groups (broad SMARTS) is 1. The number of hydrogen-bond donors (Lipinski definition) is 1. The predicted octanol–water partition coefficient (Wildman–Crippen LogP) is 2.47. The van der Waals surface area contributed by atoms with Gasteiger partial charge >= 0.3 is 5.97 Å². The number of carbonyl (C=O) groups is 2. The van der Waals surface area contributed by atoms with Crippen molar-refractivity contribution < 1.29 is 14.7 Å². The van der Waals surface area contributed by atoms with Crippen LogP contribution >= 0.6 is 0 Å². The number of benzene rings is 1. The summed E-state index contributed by atoms with van der Waals surface area (Å²) in [5.41, 5.74) is 1.27. The fourth-order valence-electron chi connectivity index (χ4n) is 2.59. The highest BCUT2D eigenvalue weighted by atomic mass is 16.4. The van der Waals surface area contributed by atoms with Crippen molar-refractivity contribution in [2.45, 2.75) is 40.2 Å². The van der Waals surface area contributed by atoms with Crippen LogP contribution in [-0.4, -0.2) is 28.4 Å². The molecular weight excluding hydrogens is 242 g/mol. The van der Waals surface area contributed by atoms with E-state index in [1.165, 1.54) is 11.8 Å². The first-order valence-electron chi connectivity index (χ1n) is 6.34. The topological polar surface area (TPSA) is 57.6 Å². The number of amides is 1. The summed E-state index contributed by atoms with van der Waals surface area (Å²) in [6, 6.07) is 5.60. The number of rotatable bonds is 4. The molecule has 4 heteroatoms. The van der Waals surface area contributed by atoms with E-state index in [1.54, 1.807) is 19.9 Å². The Balaban J connectivity index is 3.49. The van der Waals surface area contributed by atoms with Gasteiger partial charge in [0.15, 0.2) is 5.54 Å². The Kier molecular flexibility index (Phi) is 4.35. The first-order chi connectivity index (χ1) is 8.75. The molecule has 4 nitrogen and oxygen atoms in total. The van der Waals surface area contributed by atoms with E-state index in [0.29, 0.717) is 12.1 Å². The number of nitrogens with zero attached hydrogens (tertiary/aromatic N) is 1. The molecule has 0 aliphatic carbocycles. The Morgan fingerprint density at radius 1 is 1.32 bits per heavy atom. The Morgan fingerprint density at radius 2 is 1.89 bits per heavy atom. The molecule has 19 heavy (non-hydrogen) atoms. The summed E-state index contributed by atoms with van der Waals surface area (Å²) >= 11 is 0. The lowest BCUT2D eigenvalue weighted by molar-refractivity contribution is -0.158. The Morgan fingerprint density at radius 3 is 2.26 bits per heavy atom. The van der Waals surface area contributed by atoms with Crippen LogP contribution in [0.2, 0.25) is 0 Å². The highest BCUT2D eigenvalue weighted by Crippen LogP contribution is 2.31. The maximum Gasteiger partial charge on any atom is 0.334 e. The normalized spacial score (nSPS) is 13.7. The van der Waals surface area contributed by atoms with Crippen LogP contribution in [0.5, 0.6) is 0 Å². The van der Waals surface area contributed by atoms with Gasteiger partial charge in [0.1, 0.15) is 0 Å². The van der Waals surface area contributed by atoms with Crippen molar-refractivity contribution in [1.82, 2.24) is 4.90 Å². The van der Waals surface area contributed by atoms with Crippen molar-refractivity contribution in [2.24, 2.45) is 0 Å². The molecule has 1 N–H and O–H groups in total. The zero-order valence-corrected chi connectivity index (χ0v) is 12.2. The molecule has 0 radical (unpaired) electrons. The molecule has 0 saturated carbocycles. The summed E-state index contributed by atoms with van der Waals surface area (Å²) in [7, 11) is 0. The number of carbonyl (C=O) groups excluding carboxylic acids is 1. The SMILES string of the molecule is CCN(C(C)=O)C(C)(C(=O)O)c1ccc(C)cc1C. The summed E-state index contributed by atoms with van der Waals surface area (Å²) in [6.45, 7) is 8.94. The Hall–Kier alpha value is -1.84. The molecule has 1 atom stereocenters. The predicted molar refractivity (Wildman–Crippen MR) is 74.0 cm³/mol. The van der Waals surface area contributed by atoms with E-state index in [4.69, 9.17) is 0 Å². The van der Waals surface area contributed by atoms with Crippen molar-refractivity contribution in [3.8, 4) is 0 Å². The van der Waals surface area contributed by atoms with E-state index in [1.807, 2.05) is 26.0 Å². The number of likely N-dealkylation sites (N-methyl/N-ethyl adjacent to an activating group) is 1. The molecule has 0 aromatic heterocycles. The van der Waals surface area contributed by atoms with Crippen LogP contribution < -0.4 is 0 Å². The summed E-state index contributed by atoms with van der Waals surface area (Å²) < 4.78 is 0. The molecule has 0 heterocycles. The fourth-order valence-corrected chi connectivity index (χ4v) is 2.59. The minimum atomic E-state index is -1.33. The van der Waals surface area contributed by atoms with Gasteiger partial charge in [0.25, 0.3) is 0 Å². The molecule has 0 spiro atoms. The fraction of sp³-hybridized carbons (Fsp3) is 0.467. The maximum atomic E-state index is 11.8. The van der Waals surface area contributed by atoms with Crippen LogP contribution in [0.1, 0.15) is 37.5 Å². The van der Waals surface area contributed by atoms with Crippen molar-refractivity contribution in [3.05, 3.63) is 34.9 Å². The first kappa shape index (κ1) is 15.2. The molecule has 1 rings (SSSR count). The van der Waals surface area contributed by atoms with Gasteiger partial charge in [-0.25, -0.2) is 4.79 Å². The third-order valence-corrected chi connectivity index (χ3v) is 3.56. The second-order valence-corrected chi connectivity index (χ2v) is 4.96. The van der Waals surface area contributed by atoms with Crippen LogP contribution in [0, 0.1) is 13.8 Å². The molecule has 1 aromatic carbocycles. The van der Waals surface area contributed by atoms with Crippen molar-refractivity contribution in [3.63, 3.8) is 0 Å². The van der Waals surface area contributed by atoms with Gasteiger partial charge in [-0.05, 0) is 38.8 Å². The molecule has 0 bridgehead atoms. The van der Waals surface area contributed by atoms with Gasteiger partial charge in [0, 0.05) is 13.5 Å². The summed E-state index contributed by atoms with van der Waals surface area (Å²) in [6.07, 6.45) is 0. The zero-order chi connectivity index (χ0) is 14.8. The quantitative estimate of drug-likeness (QED) is 0.908. The van der Waals surface area contributed by atoms with Gasteiger partial charge in [-0.1, -0.05) is 23.8 Å². The molecule has 0 aliphatic heterocycles. The Bertz CT molecular complexity index is 510. The monoisotopic (exact) mass is 263 g/mol. The minimum absolute atomic E-state index is 0.243. The lowest BCUT2D eigenvalue weighted by atomic mass is 9.86. The molecule has 1 unspecified atom stereocenters. The van der Waals surface area contributed by atoms with Gasteiger partial charge < -0.3 is 10.0 Å². The number of carboxylic acids is 1. The van der Waals surface area contributed by atoms with Crippen molar-refractivity contribution in [1.29, 1.82) is 0 Å². The van der Waals surface area contributed by atoms with E-state index >= 15 is 0 Å². The van der Waals surface area contributed by atoms with Crippen LogP contribution in [0.3, 0.4) is 0 Å². The lowest BCUT2D eigenvalue weighted by Crippen LogP contribution is -2.52. The summed E-state index contributed by atoms with van der Waals surface area (Å²) in [5.74, 6) is -1.26. The molecule has 104 valence electrons. The van der Waals surface area contributed by atoms with Crippen LogP contribution in [0.15, 0.2) is 18.2 Å². The highest BCUT2D eigenvalue weighted by Gasteiger charge is 2.43. The third-order valence-electron chi connectivity index (χ3n) is 3.56. The number of aliphatic carboxylic acids is 1. The van der Waals surface area contributed by atoms with E-state index in [-0.39, 0.29) is 5.91 Å². The first-order valence-corrected chi connectivity index (χ1v) is 6.34. The van der Waals surface area contributed by atoms with Crippen molar-refractivity contribution >= 4 is 11.9 Å².